The summed E-state index contributed by atoms with van der Waals surface area (Å²) in [5.41, 5.74) is 5.60. The smallest absolute Gasteiger partial charge is 0.234 e. The minimum Gasteiger partial charge on any atom is -0.474 e. The summed E-state index contributed by atoms with van der Waals surface area (Å²) in [7, 11) is 0. The number of hydrogen-bond donors (Lipinski definition) is 1. The number of nitrogens with two attached hydrogens (primary N) is 1. The largest absolute Gasteiger partial charge is 0.474 e. The van der Waals surface area contributed by atoms with Gasteiger partial charge in [0.05, 0.1) is 18.5 Å². The summed E-state index contributed by atoms with van der Waals surface area (Å²) in [6.45, 7) is 9.50. The van der Waals surface area contributed by atoms with Crippen LogP contribution in [0.15, 0.2) is 12.4 Å². The van der Waals surface area contributed by atoms with E-state index in [0.717, 1.165) is 12.4 Å². The first-order valence-corrected chi connectivity index (χ1v) is 6.00. The molecule has 0 aliphatic carbocycles. The molecule has 0 unspecified atom stereocenters. The summed E-state index contributed by atoms with van der Waals surface area (Å²) in [5, 5.41) is 0. The van der Waals surface area contributed by atoms with E-state index in [1.165, 1.54) is 0 Å². The highest BCUT2D eigenvalue weighted by atomic mass is 16.5. The summed E-state index contributed by atoms with van der Waals surface area (Å²) in [4.78, 5) is 10.7. The van der Waals surface area contributed by atoms with Crippen LogP contribution >= 0.6 is 0 Å². The van der Waals surface area contributed by atoms with E-state index in [1.54, 1.807) is 12.4 Å². The maximum atomic E-state index is 5.60. The third-order valence-electron chi connectivity index (χ3n) is 2.24. The van der Waals surface area contributed by atoms with Gasteiger partial charge >= 0.3 is 0 Å². The van der Waals surface area contributed by atoms with Crippen LogP contribution in [0.1, 0.15) is 27.7 Å². The van der Waals surface area contributed by atoms with E-state index in [0.29, 0.717) is 18.5 Å². The van der Waals surface area contributed by atoms with E-state index in [9.17, 15) is 0 Å². The molecule has 2 N–H and O–H groups in total. The second-order valence-electron chi connectivity index (χ2n) is 4.46. The Hall–Kier alpha value is -1.36. The Morgan fingerprint density at radius 3 is 2.53 bits per heavy atom. The quantitative estimate of drug-likeness (QED) is 0.812. The van der Waals surface area contributed by atoms with Gasteiger partial charge in [-0.1, -0.05) is 0 Å². The summed E-state index contributed by atoms with van der Waals surface area (Å²) in [6.07, 6.45) is 3.47. The van der Waals surface area contributed by atoms with E-state index in [-0.39, 0.29) is 6.10 Å². The molecule has 0 radical (unpaired) electrons. The van der Waals surface area contributed by atoms with Gasteiger partial charge in [0.1, 0.15) is 0 Å². The zero-order valence-electron chi connectivity index (χ0n) is 11.1. The SMILES string of the molecule is CC(C)Oc1cncc(N(CCN)C(C)C)n1. The lowest BCUT2D eigenvalue weighted by atomic mass is 10.3. The third-order valence-corrected chi connectivity index (χ3v) is 2.24. The molecule has 0 aliphatic rings. The van der Waals surface area contributed by atoms with E-state index in [2.05, 4.69) is 28.7 Å². The van der Waals surface area contributed by atoms with Crippen LogP contribution in [0.4, 0.5) is 5.82 Å². The van der Waals surface area contributed by atoms with Crippen molar-refractivity contribution in [3.8, 4) is 5.88 Å². The van der Waals surface area contributed by atoms with Crippen molar-refractivity contribution in [2.45, 2.75) is 39.8 Å². The highest BCUT2D eigenvalue weighted by Crippen LogP contribution is 2.16. The van der Waals surface area contributed by atoms with E-state index >= 15 is 0 Å². The van der Waals surface area contributed by atoms with Crippen molar-refractivity contribution in [3.05, 3.63) is 12.4 Å². The molecule has 5 heteroatoms. The van der Waals surface area contributed by atoms with Gasteiger partial charge in [-0.25, -0.2) is 0 Å². The Kier molecular flexibility index (Phi) is 5.15. The van der Waals surface area contributed by atoms with Gasteiger partial charge in [-0.3, -0.25) is 4.98 Å². The third kappa shape index (κ3) is 4.19. The zero-order valence-corrected chi connectivity index (χ0v) is 11.1. The van der Waals surface area contributed by atoms with Crippen molar-refractivity contribution in [1.29, 1.82) is 0 Å². The molecule has 1 aromatic rings. The van der Waals surface area contributed by atoms with Gasteiger partial charge in [-0.15, -0.1) is 0 Å². The Morgan fingerprint density at radius 1 is 1.29 bits per heavy atom. The maximum Gasteiger partial charge on any atom is 0.234 e. The standard InChI is InChI=1S/C12H22N4O/c1-9(2)16(6-5-13)11-7-14-8-12(15-11)17-10(3)4/h7-10H,5-6,13H2,1-4H3. The molecule has 0 atom stereocenters. The number of aromatic nitrogens is 2. The summed E-state index contributed by atoms with van der Waals surface area (Å²) < 4.78 is 5.53. The number of anilines is 1. The van der Waals surface area contributed by atoms with Crippen molar-refractivity contribution >= 4 is 5.82 Å². The molecule has 0 saturated heterocycles. The normalized spacial score (nSPS) is 11.0. The van der Waals surface area contributed by atoms with E-state index in [4.69, 9.17) is 10.5 Å². The number of rotatable bonds is 6. The predicted octanol–water partition coefficient (Wildman–Crippen LogP) is 1.44. The monoisotopic (exact) mass is 238 g/mol. The molecule has 17 heavy (non-hydrogen) atoms. The van der Waals surface area contributed by atoms with Gasteiger partial charge in [-0.2, -0.15) is 4.98 Å². The van der Waals surface area contributed by atoms with Crippen molar-refractivity contribution in [3.63, 3.8) is 0 Å². The minimum absolute atomic E-state index is 0.0987. The molecule has 0 fully saturated rings. The van der Waals surface area contributed by atoms with Crippen LogP contribution in [0.3, 0.4) is 0 Å². The number of ether oxygens (including phenoxy) is 1. The first-order valence-electron chi connectivity index (χ1n) is 6.00. The average Bonchev–Trinajstić information content (AvgIpc) is 2.24. The molecular weight excluding hydrogens is 216 g/mol. The van der Waals surface area contributed by atoms with Crippen molar-refractivity contribution in [2.24, 2.45) is 5.73 Å². The van der Waals surface area contributed by atoms with Crippen LogP contribution in [-0.2, 0) is 0 Å². The van der Waals surface area contributed by atoms with Crippen molar-refractivity contribution in [1.82, 2.24) is 9.97 Å². The van der Waals surface area contributed by atoms with Gasteiger partial charge in [0.25, 0.3) is 0 Å². The average molecular weight is 238 g/mol. The van der Waals surface area contributed by atoms with Crippen LogP contribution in [0.25, 0.3) is 0 Å². The zero-order chi connectivity index (χ0) is 12.8. The lowest BCUT2D eigenvalue weighted by Gasteiger charge is -2.27. The van der Waals surface area contributed by atoms with Crippen LogP contribution in [0, 0.1) is 0 Å². The van der Waals surface area contributed by atoms with Crippen molar-refractivity contribution < 1.29 is 4.74 Å². The van der Waals surface area contributed by atoms with Gasteiger partial charge in [0.15, 0.2) is 5.82 Å². The van der Waals surface area contributed by atoms with Crippen LogP contribution in [-0.4, -0.2) is 35.2 Å². The summed E-state index contributed by atoms with van der Waals surface area (Å²) in [6, 6.07) is 0.335. The molecule has 0 aliphatic heterocycles. The molecule has 5 nitrogen and oxygen atoms in total. The molecule has 1 heterocycles. The van der Waals surface area contributed by atoms with E-state index in [1.807, 2.05) is 13.8 Å². The first kappa shape index (κ1) is 13.7. The predicted molar refractivity (Wildman–Crippen MR) is 69.3 cm³/mol. The van der Waals surface area contributed by atoms with Gasteiger partial charge < -0.3 is 15.4 Å². The molecule has 96 valence electrons. The Balaban J connectivity index is 2.87. The molecule has 0 saturated carbocycles. The first-order chi connectivity index (χ1) is 8.04. The molecule has 0 amide bonds. The van der Waals surface area contributed by atoms with Gasteiger partial charge in [0.2, 0.25) is 5.88 Å². The van der Waals surface area contributed by atoms with Gasteiger partial charge in [-0.05, 0) is 27.7 Å². The molecule has 1 rings (SSSR count). The lowest BCUT2D eigenvalue weighted by Crippen LogP contribution is -2.36. The Bertz CT molecular complexity index is 341. The number of hydrogen-bond acceptors (Lipinski definition) is 5. The van der Waals surface area contributed by atoms with Crippen molar-refractivity contribution in [2.75, 3.05) is 18.0 Å². The minimum atomic E-state index is 0.0987. The summed E-state index contributed by atoms with van der Waals surface area (Å²) in [5.74, 6) is 1.36. The second kappa shape index (κ2) is 6.39. The van der Waals surface area contributed by atoms with Crippen LogP contribution in [0.5, 0.6) is 5.88 Å². The fourth-order valence-corrected chi connectivity index (χ4v) is 1.55. The maximum absolute atomic E-state index is 5.60. The molecule has 1 aromatic heterocycles. The topological polar surface area (TPSA) is 64.3 Å². The molecule has 0 spiro atoms. The number of nitrogens with zero attached hydrogens (tertiary/aromatic N) is 3. The molecular formula is C12H22N4O. The van der Waals surface area contributed by atoms with E-state index < -0.39 is 0 Å². The van der Waals surface area contributed by atoms with Crippen LogP contribution < -0.4 is 15.4 Å². The van der Waals surface area contributed by atoms with Gasteiger partial charge in [0, 0.05) is 19.1 Å². The molecule has 0 bridgehead atoms. The highest BCUT2D eigenvalue weighted by Gasteiger charge is 2.12. The lowest BCUT2D eigenvalue weighted by molar-refractivity contribution is 0.231. The Labute approximate surface area is 103 Å². The molecule has 0 aromatic carbocycles. The second-order valence-corrected chi connectivity index (χ2v) is 4.46. The summed E-state index contributed by atoms with van der Waals surface area (Å²) >= 11 is 0. The fourth-order valence-electron chi connectivity index (χ4n) is 1.55. The fraction of sp³-hybridized carbons (Fsp3) is 0.667. The van der Waals surface area contributed by atoms with Crippen LogP contribution in [0.2, 0.25) is 0 Å². The Morgan fingerprint density at radius 2 is 2.00 bits per heavy atom. The highest BCUT2D eigenvalue weighted by molar-refractivity contribution is 5.38.